The number of rotatable bonds is 4. The van der Waals surface area contributed by atoms with Gasteiger partial charge in [-0.1, -0.05) is 32.0 Å². The number of primary amides is 1. The van der Waals surface area contributed by atoms with Gasteiger partial charge in [-0.3, -0.25) is 14.6 Å². The summed E-state index contributed by atoms with van der Waals surface area (Å²) in [6.45, 7) is 3.67. The SMILES string of the molecule is CC(C)[C@@H](NC(=O)c1ccnc2ccccc12)C(N)=O. The van der Waals surface area contributed by atoms with Crippen molar-refractivity contribution in [1.82, 2.24) is 10.3 Å². The van der Waals surface area contributed by atoms with Gasteiger partial charge in [0, 0.05) is 11.6 Å². The molecule has 1 heterocycles. The van der Waals surface area contributed by atoms with Gasteiger partial charge in [-0.25, -0.2) is 0 Å². The maximum absolute atomic E-state index is 12.3. The quantitative estimate of drug-likeness (QED) is 0.883. The number of carbonyl (C=O) groups is 2. The summed E-state index contributed by atoms with van der Waals surface area (Å²) in [5, 5.41) is 3.43. The van der Waals surface area contributed by atoms with Crippen LogP contribution in [-0.2, 0) is 4.79 Å². The third-order valence-corrected chi connectivity index (χ3v) is 3.15. The first-order chi connectivity index (χ1) is 9.50. The molecule has 1 aromatic heterocycles. The fourth-order valence-corrected chi connectivity index (χ4v) is 2.08. The highest BCUT2D eigenvalue weighted by Crippen LogP contribution is 2.16. The summed E-state index contributed by atoms with van der Waals surface area (Å²) in [6.07, 6.45) is 1.58. The highest BCUT2D eigenvalue weighted by molar-refractivity contribution is 6.07. The van der Waals surface area contributed by atoms with Crippen molar-refractivity contribution in [3.8, 4) is 0 Å². The Bertz CT molecular complexity index is 647. The van der Waals surface area contributed by atoms with E-state index in [1.54, 1.807) is 12.3 Å². The molecule has 0 aliphatic heterocycles. The molecular formula is C15H17N3O2. The molecule has 104 valence electrons. The summed E-state index contributed by atoms with van der Waals surface area (Å²) >= 11 is 0. The third kappa shape index (κ3) is 2.77. The maximum Gasteiger partial charge on any atom is 0.252 e. The number of benzene rings is 1. The molecule has 0 fully saturated rings. The number of nitrogens with two attached hydrogens (primary N) is 1. The number of para-hydroxylation sites is 1. The molecule has 0 saturated heterocycles. The van der Waals surface area contributed by atoms with Crippen molar-refractivity contribution < 1.29 is 9.59 Å². The van der Waals surface area contributed by atoms with E-state index >= 15 is 0 Å². The predicted molar refractivity (Wildman–Crippen MR) is 77.0 cm³/mol. The Labute approximate surface area is 117 Å². The van der Waals surface area contributed by atoms with Crippen molar-refractivity contribution in [1.29, 1.82) is 0 Å². The minimum absolute atomic E-state index is 0.0652. The van der Waals surface area contributed by atoms with Gasteiger partial charge in [0.2, 0.25) is 5.91 Å². The molecule has 0 aliphatic rings. The molecule has 0 saturated carbocycles. The smallest absolute Gasteiger partial charge is 0.252 e. The fourth-order valence-electron chi connectivity index (χ4n) is 2.08. The van der Waals surface area contributed by atoms with Crippen molar-refractivity contribution in [2.75, 3.05) is 0 Å². The number of hydrogen-bond donors (Lipinski definition) is 2. The number of aromatic nitrogens is 1. The van der Waals surface area contributed by atoms with Crippen LogP contribution in [0.1, 0.15) is 24.2 Å². The first kappa shape index (κ1) is 14.0. The second-order valence-electron chi connectivity index (χ2n) is 4.97. The molecule has 2 rings (SSSR count). The lowest BCUT2D eigenvalue weighted by Crippen LogP contribution is -2.47. The molecule has 1 atom stereocenters. The average molecular weight is 271 g/mol. The summed E-state index contributed by atoms with van der Waals surface area (Å²) in [4.78, 5) is 27.9. The minimum atomic E-state index is -0.686. The number of carbonyl (C=O) groups excluding carboxylic acids is 2. The number of nitrogens with zero attached hydrogens (tertiary/aromatic N) is 1. The number of pyridine rings is 1. The topological polar surface area (TPSA) is 85.1 Å². The van der Waals surface area contributed by atoms with Crippen LogP contribution in [0.15, 0.2) is 36.5 Å². The molecule has 0 radical (unpaired) electrons. The van der Waals surface area contributed by atoms with Crippen molar-refractivity contribution >= 4 is 22.7 Å². The molecule has 1 aromatic carbocycles. The minimum Gasteiger partial charge on any atom is -0.368 e. The Morgan fingerprint density at radius 2 is 1.90 bits per heavy atom. The summed E-state index contributed by atoms with van der Waals surface area (Å²) in [5.74, 6) is -0.919. The summed E-state index contributed by atoms with van der Waals surface area (Å²) in [5.41, 5.74) is 6.54. The van der Waals surface area contributed by atoms with Crippen LogP contribution >= 0.6 is 0 Å². The van der Waals surface area contributed by atoms with Crippen LogP contribution in [0.4, 0.5) is 0 Å². The molecule has 5 nitrogen and oxygen atoms in total. The number of nitrogens with one attached hydrogen (secondary N) is 1. The van der Waals surface area contributed by atoms with Gasteiger partial charge in [-0.05, 0) is 18.1 Å². The van der Waals surface area contributed by atoms with E-state index in [1.165, 1.54) is 0 Å². The highest BCUT2D eigenvalue weighted by Gasteiger charge is 2.23. The van der Waals surface area contributed by atoms with E-state index in [-0.39, 0.29) is 11.8 Å². The van der Waals surface area contributed by atoms with Crippen LogP contribution in [-0.4, -0.2) is 22.8 Å². The van der Waals surface area contributed by atoms with Crippen LogP contribution in [0.3, 0.4) is 0 Å². The fraction of sp³-hybridized carbons (Fsp3) is 0.267. The van der Waals surface area contributed by atoms with Crippen molar-refractivity contribution in [2.24, 2.45) is 11.7 Å². The second kappa shape index (κ2) is 5.69. The molecule has 0 aliphatic carbocycles. The van der Waals surface area contributed by atoms with E-state index in [1.807, 2.05) is 38.1 Å². The number of hydrogen-bond acceptors (Lipinski definition) is 3. The van der Waals surface area contributed by atoms with Gasteiger partial charge in [-0.15, -0.1) is 0 Å². The monoisotopic (exact) mass is 271 g/mol. The van der Waals surface area contributed by atoms with Crippen LogP contribution in [0.2, 0.25) is 0 Å². The first-order valence-electron chi connectivity index (χ1n) is 6.44. The number of fused-ring (bicyclic) bond motifs is 1. The Hall–Kier alpha value is -2.43. The molecule has 2 amide bonds. The van der Waals surface area contributed by atoms with Gasteiger partial charge in [0.15, 0.2) is 0 Å². The molecule has 5 heteroatoms. The Balaban J connectivity index is 2.34. The summed E-state index contributed by atoms with van der Waals surface area (Å²) in [7, 11) is 0. The van der Waals surface area contributed by atoms with Crippen LogP contribution in [0.25, 0.3) is 10.9 Å². The molecule has 0 bridgehead atoms. The van der Waals surface area contributed by atoms with E-state index in [9.17, 15) is 9.59 Å². The second-order valence-corrected chi connectivity index (χ2v) is 4.97. The summed E-state index contributed by atoms with van der Waals surface area (Å²) < 4.78 is 0. The van der Waals surface area contributed by atoms with E-state index < -0.39 is 11.9 Å². The van der Waals surface area contributed by atoms with Gasteiger partial charge < -0.3 is 11.1 Å². The Kier molecular flexibility index (Phi) is 3.98. The van der Waals surface area contributed by atoms with Gasteiger partial charge >= 0.3 is 0 Å². The van der Waals surface area contributed by atoms with Gasteiger partial charge in [0.05, 0.1) is 11.1 Å². The zero-order valence-corrected chi connectivity index (χ0v) is 11.5. The molecular weight excluding hydrogens is 254 g/mol. The maximum atomic E-state index is 12.3. The zero-order valence-electron chi connectivity index (χ0n) is 11.5. The zero-order chi connectivity index (χ0) is 14.7. The average Bonchev–Trinajstić information content (AvgIpc) is 2.43. The van der Waals surface area contributed by atoms with Crippen LogP contribution < -0.4 is 11.1 Å². The largest absolute Gasteiger partial charge is 0.368 e. The van der Waals surface area contributed by atoms with E-state index in [4.69, 9.17) is 5.73 Å². The van der Waals surface area contributed by atoms with Crippen LogP contribution in [0, 0.1) is 5.92 Å². The van der Waals surface area contributed by atoms with Gasteiger partial charge in [0.25, 0.3) is 5.91 Å². The van der Waals surface area contributed by atoms with E-state index in [0.29, 0.717) is 5.56 Å². The Morgan fingerprint density at radius 3 is 2.55 bits per heavy atom. The lowest BCUT2D eigenvalue weighted by molar-refractivity contribution is -0.120. The highest BCUT2D eigenvalue weighted by atomic mass is 16.2. The van der Waals surface area contributed by atoms with Crippen molar-refractivity contribution in [3.05, 3.63) is 42.1 Å². The van der Waals surface area contributed by atoms with Gasteiger partial charge in [0.1, 0.15) is 6.04 Å². The normalized spacial score (nSPS) is 12.3. The van der Waals surface area contributed by atoms with E-state index in [2.05, 4.69) is 10.3 Å². The lowest BCUT2D eigenvalue weighted by Gasteiger charge is -2.19. The van der Waals surface area contributed by atoms with E-state index in [0.717, 1.165) is 10.9 Å². The van der Waals surface area contributed by atoms with Gasteiger partial charge in [-0.2, -0.15) is 0 Å². The first-order valence-corrected chi connectivity index (χ1v) is 6.44. The standard InChI is InChI=1S/C15H17N3O2/c1-9(2)13(14(16)19)18-15(20)11-7-8-17-12-6-4-3-5-10(11)12/h3-9,13H,1-2H3,(H2,16,19)(H,18,20)/t13-/m1/s1. The van der Waals surface area contributed by atoms with Crippen molar-refractivity contribution in [3.63, 3.8) is 0 Å². The van der Waals surface area contributed by atoms with Crippen molar-refractivity contribution in [2.45, 2.75) is 19.9 Å². The Morgan fingerprint density at radius 1 is 1.20 bits per heavy atom. The third-order valence-electron chi connectivity index (χ3n) is 3.15. The summed E-state index contributed by atoms with van der Waals surface area (Å²) in [6, 6.07) is 8.31. The molecule has 3 N–H and O–H groups in total. The molecule has 0 spiro atoms. The lowest BCUT2D eigenvalue weighted by atomic mass is 10.0. The molecule has 0 unspecified atom stereocenters. The van der Waals surface area contributed by atoms with Crippen LogP contribution in [0.5, 0.6) is 0 Å². The molecule has 20 heavy (non-hydrogen) atoms. The predicted octanol–water partition coefficient (Wildman–Crippen LogP) is 1.47. The molecule has 2 aromatic rings. The number of amides is 2.